The predicted octanol–water partition coefficient (Wildman–Crippen LogP) is 1.25. The predicted molar refractivity (Wildman–Crippen MR) is 55.2 cm³/mol. The highest BCUT2D eigenvalue weighted by molar-refractivity contribution is 7.40. The van der Waals surface area contributed by atoms with E-state index in [1.165, 1.54) is 0 Å². The maximum Gasteiger partial charge on any atom is 0.329 e. The fraction of sp³-hybridized carbons (Fsp3) is 1.00. The summed E-state index contributed by atoms with van der Waals surface area (Å²) in [6, 6.07) is 0. The van der Waals surface area contributed by atoms with Gasteiger partial charge >= 0.3 is 17.2 Å². The van der Waals surface area contributed by atoms with Crippen molar-refractivity contribution < 1.29 is 28.6 Å². The van der Waals surface area contributed by atoms with Crippen LogP contribution < -0.4 is 0 Å². The van der Waals surface area contributed by atoms with Gasteiger partial charge in [-0.1, -0.05) is 13.8 Å². The summed E-state index contributed by atoms with van der Waals surface area (Å²) in [5.41, 5.74) is 0. The maximum atomic E-state index is 8.93. The van der Waals surface area contributed by atoms with Gasteiger partial charge in [0.15, 0.2) is 0 Å². The highest BCUT2D eigenvalue weighted by atomic mass is 31.2. The van der Waals surface area contributed by atoms with E-state index in [0.29, 0.717) is 13.2 Å². The second-order valence-electron chi connectivity index (χ2n) is 2.17. The summed E-state index contributed by atoms with van der Waals surface area (Å²) in [4.78, 5) is 30.6. The SMILES string of the molecule is CCCOP(O)OCCC.OP(O)O. The Morgan fingerprint density at radius 3 is 1.36 bits per heavy atom. The molecule has 0 atom stereocenters. The molecular formula is C6H18O6P2. The largest absolute Gasteiger partial charge is 0.329 e. The summed E-state index contributed by atoms with van der Waals surface area (Å²) < 4.78 is 9.78. The molecule has 14 heavy (non-hydrogen) atoms. The molecule has 0 aliphatic rings. The molecule has 0 fully saturated rings. The molecule has 0 aromatic heterocycles. The molecule has 0 saturated heterocycles. The Morgan fingerprint density at radius 1 is 0.857 bits per heavy atom. The molecule has 88 valence electrons. The highest BCUT2D eigenvalue weighted by Gasteiger charge is 2.03. The average Bonchev–Trinajstić information content (AvgIpc) is 2.10. The van der Waals surface area contributed by atoms with Crippen LogP contribution in [0.1, 0.15) is 26.7 Å². The summed E-state index contributed by atoms with van der Waals surface area (Å²) in [5, 5.41) is 0. The standard InChI is InChI=1S/C6H15O3P.H3O3P/c1-3-5-8-10(7)9-6-4-2;1-4(2)3/h7H,3-6H2,1-2H3;1-3H. The summed E-state index contributed by atoms with van der Waals surface area (Å²) in [5.74, 6) is 0. The molecule has 0 heterocycles. The van der Waals surface area contributed by atoms with Gasteiger partial charge in [-0.15, -0.1) is 0 Å². The van der Waals surface area contributed by atoms with E-state index in [-0.39, 0.29) is 0 Å². The fourth-order valence-electron chi connectivity index (χ4n) is 0.376. The van der Waals surface area contributed by atoms with Crippen molar-refractivity contribution in [3.63, 3.8) is 0 Å². The lowest BCUT2D eigenvalue weighted by Gasteiger charge is -2.08. The van der Waals surface area contributed by atoms with E-state index in [4.69, 9.17) is 28.6 Å². The van der Waals surface area contributed by atoms with Gasteiger partial charge in [0, 0.05) is 0 Å². The van der Waals surface area contributed by atoms with Gasteiger partial charge in [-0.2, -0.15) is 0 Å². The van der Waals surface area contributed by atoms with Crippen LogP contribution in [0.4, 0.5) is 0 Å². The molecule has 0 spiro atoms. The van der Waals surface area contributed by atoms with Gasteiger partial charge in [0.25, 0.3) is 0 Å². The van der Waals surface area contributed by atoms with Gasteiger partial charge < -0.3 is 28.6 Å². The second kappa shape index (κ2) is 13.6. The van der Waals surface area contributed by atoms with Crippen LogP contribution in [0.2, 0.25) is 0 Å². The molecular weight excluding hydrogens is 230 g/mol. The zero-order chi connectivity index (χ0) is 11.4. The first-order valence-corrected chi connectivity index (χ1v) is 6.49. The molecule has 0 aromatic rings. The monoisotopic (exact) mass is 248 g/mol. The van der Waals surface area contributed by atoms with Crippen molar-refractivity contribution in [1.29, 1.82) is 0 Å². The molecule has 0 aliphatic carbocycles. The molecule has 0 aliphatic heterocycles. The molecule has 8 heteroatoms. The minimum absolute atomic E-state index is 0.575. The summed E-state index contributed by atoms with van der Waals surface area (Å²) in [6.45, 7) is 5.13. The quantitative estimate of drug-likeness (QED) is 0.528. The van der Waals surface area contributed by atoms with Crippen molar-refractivity contribution in [2.24, 2.45) is 0 Å². The van der Waals surface area contributed by atoms with Crippen LogP contribution in [0.3, 0.4) is 0 Å². The molecule has 0 unspecified atom stereocenters. The fourth-order valence-corrected chi connectivity index (χ4v) is 1.13. The minimum Gasteiger partial charge on any atom is -0.328 e. The first-order chi connectivity index (χ1) is 6.54. The van der Waals surface area contributed by atoms with Gasteiger partial charge in [0.1, 0.15) is 0 Å². The van der Waals surface area contributed by atoms with E-state index in [1.807, 2.05) is 13.8 Å². The van der Waals surface area contributed by atoms with E-state index in [0.717, 1.165) is 12.8 Å². The van der Waals surface area contributed by atoms with Crippen LogP contribution in [0, 0.1) is 0 Å². The first kappa shape index (κ1) is 17.0. The summed E-state index contributed by atoms with van der Waals surface area (Å²) >= 11 is 0. The Kier molecular flexibility index (Phi) is 16.6. The maximum absolute atomic E-state index is 8.93. The molecule has 0 bridgehead atoms. The van der Waals surface area contributed by atoms with Gasteiger partial charge in [0.2, 0.25) is 0 Å². The van der Waals surface area contributed by atoms with Gasteiger partial charge in [-0.3, -0.25) is 0 Å². The number of hydrogen-bond acceptors (Lipinski definition) is 6. The van der Waals surface area contributed by atoms with Crippen LogP contribution >= 0.6 is 17.2 Å². The van der Waals surface area contributed by atoms with E-state index in [1.54, 1.807) is 0 Å². The highest BCUT2D eigenvalue weighted by Crippen LogP contribution is 2.32. The molecule has 6 nitrogen and oxygen atoms in total. The minimum atomic E-state index is -2.62. The van der Waals surface area contributed by atoms with E-state index in [9.17, 15) is 0 Å². The van der Waals surface area contributed by atoms with Gasteiger partial charge in [-0.05, 0) is 12.8 Å². The molecule has 0 amide bonds. The zero-order valence-corrected chi connectivity index (χ0v) is 10.1. The van der Waals surface area contributed by atoms with Crippen molar-refractivity contribution in [3.8, 4) is 0 Å². The van der Waals surface area contributed by atoms with Crippen LogP contribution in [0.15, 0.2) is 0 Å². The molecule has 0 radical (unpaired) electrons. The normalized spacial score (nSPS) is 10.3. The second-order valence-corrected chi connectivity index (χ2v) is 3.70. The van der Waals surface area contributed by atoms with E-state index in [2.05, 4.69) is 0 Å². The van der Waals surface area contributed by atoms with Crippen LogP contribution in [0.5, 0.6) is 0 Å². The molecule has 0 rings (SSSR count). The first-order valence-electron chi connectivity index (χ1n) is 4.16. The lowest BCUT2D eigenvalue weighted by atomic mass is 10.5. The summed E-state index contributed by atoms with van der Waals surface area (Å²) in [7, 11) is -4.21. The number of rotatable bonds is 6. The van der Waals surface area contributed by atoms with Gasteiger partial charge in [-0.25, -0.2) is 0 Å². The molecule has 4 N–H and O–H groups in total. The zero-order valence-electron chi connectivity index (χ0n) is 8.33. The van der Waals surface area contributed by atoms with Crippen molar-refractivity contribution in [2.45, 2.75) is 26.7 Å². The molecule has 0 aromatic carbocycles. The lowest BCUT2D eigenvalue weighted by molar-refractivity contribution is 0.200. The lowest BCUT2D eigenvalue weighted by Crippen LogP contribution is -1.92. The third kappa shape index (κ3) is 22.9. The summed E-state index contributed by atoms with van der Waals surface area (Å²) in [6.07, 6.45) is 1.82. The van der Waals surface area contributed by atoms with Crippen LogP contribution in [0.25, 0.3) is 0 Å². The smallest absolute Gasteiger partial charge is 0.328 e. The Bertz CT molecular complexity index is 93.6. The van der Waals surface area contributed by atoms with Crippen LogP contribution in [-0.2, 0) is 9.05 Å². The molecule has 0 saturated carbocycles. The third-order valence-electron chi connectivity index (χ3n) is 0.812. The van der Waals surface area contributed by atoms with Gasteiger partial charge in [0.05, 0.1) is 13.2 Å². The Hall–Kier alpha value is 0.620. The topological polar surface area (TPSA) is 99.4 Å². The Balaban J connectivity index is 0. The number of hydrogen-bond donors (Lipinski definition) is 4. The third-order valence-corrected chi connectivity index (χ3v) is 1.62. The Morgan fingerprint density at radius 2 is 1.14 bits per heavy atom. The van der Waals surface area contributed by atoms with Crippen molar-refractivity contribution >= 4 is 17.2 Å². The average molecular weight is 248 g/mol. The van der Waals surface area contributed by atoms with Crippen molar-refractivity contribution in [2.75, 3.05) is 13.2 Å². The van der Waals surface area contributed by atoms with E-state index < -0.39 is 17.2 Å². The Labute approximate surface area is 86.5 Å². The van der Waals surface area contributed by atoms with E-state index >= 15 is 0 Å². The van der Waals surface area contributed by atoms with Crippen LogP contribution in [-0.4, -0.2) is 32.8 Å². The van der Waals surface area contributed by atoms with Crippen molar-refractivity contribution in [1.82, 2.24) is 0 Å². The van der Waals surface area contributed by atoms with Crippen molar-refractivity contribution in [3.05, 3.63) is 0 Å².